The Bertz CT molecular complexity index is 1230. The van der Waals surface area contributed by atoms with Crippen LogP contribution in [-0.4, -0.2) is 69.0 Å². The third kappa shape index (κ3) is 8.53. The molecule has 2 aromatic carbocycles. The molecule has 0 radical (unpaired) electrons. The minimum atomic E-state index is -4.95. The monoisotopic (exact) mass is 565 g/mol. The molecule has 1 heterocycles. The number of hydrogen-bond donors (Lipinski definition) is 1. The van der Waals surface area contributed by atoms with Gasteiger partial charge in [-0.3, -0.25) is 4.90 Å². The summed E-state index contributed by atoms with van der Waals surface area (Å²) in [4.78, 5) is 15.2. The Kier molecular flexibility index (Phi) is 8.89. The van der Waals surface area contributed by atoms with Crippen LogP contribution < -0.4 is 9.46 Å². The Morgan fingerprint density at radius 3 is 2.13 bits per heavy atom. The molecular weight excluding hydrogens is 537 g/mol. The number of hydrogen-bond acceptors (Lipinski definition) is 6. The predicted molar refractivity (Wildman–Crippen MR) is 127 cm³/mol. The van der Waals surface area contributed by atoms with E-state index >= 15 is 0 Å². The summed E-state index contributed by atoms with van der Waals surface area (Å²) in [5, 5.41) is 0. The van der Waals surface area contributed by atoms with E-state index in [9.17, 15) is 35.2 Å². The van der Waals surface area contributed by atoms with Crippen molar-refractivity contribution in [1.82, 2.24) is 14.5 Å². The Labute approximate surface area is 217 Å². The first-order valence-corrected chi connectivity index (χ1v) is 13.0. The number of piperazine rings is 1. The van der Waals surface area contributed by atoms with Crippen molar-refractivity contribution in [2.24, 2.45) is 0 Å². The Balaban J connectivity index is 1.77. The van der Waals surface area contributed by atoms with Crippen molar-refractivity contribution in [3.05, 3.63) is 59.7 Å². The maximum absolute atomic E-state index is 14.7. The van der Waals surface area contributed by atoms with Gasteiger partial charge in [0.25, 0.3) is 0 Å². The van der Waals surface area contributed by atoms with Crippen LogP contribution in [0.2, 0.25) is 0 Å². The molecule has 1 N–H and O–H groups in total. The smallest absolute Gasteiger partial charge is 0.444 e. The third-order valence-corrected chi connectivity index (χ3v) is 6.96. The molecule has 1 saturated heterocycles. The Hall–Kier alpha value is -2.97. The fourth-order valence-corrected chi connectivity index (χ4v) is 4.96. The fourth-order valence-electron chi connectivity index (χ4n) is 3.76. The van der Waals surface area contributed by atoms with Crippen molar-refractivity contribution in [3.63, 3.8) is 0 Å². The Morgan fingerprint density at radius 1 is 1.00 bits per heavy atom. The second-order valence-corrected chi connectivity index (χ2v) is 11.3. The molecule has 0 aromatic heterocycles. The molecule has 3 rings (SSSR count). The molecule has 210 valence electrons. The molecule has 1 aliphatic rings. The molecule has 1 amide bonds. The van der Waals surface area contributed by atoms with Crippen molar-refractivity contribution in [2.75, 3.05) is 32.7 Å². The predicted octanol–water partition coefficient (Wildman–Crippen LogP) is 4.44. The number of halogens is 5. The van der Waals surface area contributed by atoms with Crippen molar-refractivity contribution >= 4 is 16.1 Å². The van der Waals surface area contributed by atoms with Crippen molar-refractivity contribution < 1.29 is 44.6 Å². The zero-order valence-corrected chi connectivity index (χ0v) is 21.7. The van der Waals surface area contributed by atoms with Gasteiger partial charge in [-0.15, -0.1) is 13.2 Å². The van der Waals surface area contributed by atoms with Crippen LogP contribution in [0.25, 0.3) is 0 Å². The zero-order valence-electron chi connectivity index (χ0n) is 20.9. The van der Waals surface area contributed by atoms with Crippen molar-refractivity contribution in [3.8, 4) is 5.75 Å². The van der Waals surface area contributed by atoms with Crippen molar-refractivity contribution in [1.29, 1.82) is 0 Å². The van der Waals surface area contributed by atoms with Crippen LogP contribution in [0.1, 0.15) is 32.4 Å². The van der Waals surface area contributed by atoms with Crippen LogP contribution >= 0.6 is 0 Å². The molecule has 0 bridgehead atoms. The van der Waals surface area contributed by atoms with Gasteiger partial charge in [0.2, 0.25) is 10.0 Å². The van der Waals surface area contributed by atoms with E-state index in [2.05, 4.69) is 9.46 Å². The topological polar surface area (TPSA) is 88.2 Å². The van der Waals surface area contributed by atoms with E-state index in [0.717, 1.165) is 36.4 Å². The molecule has 1 atom stereocenters. The van der Waals surface area contributed by atoms with Gasteiger partial charge in [0, 0.05) is 44.4 Å². The number of rotatable bonds is 7. The molecule has 1 fully saturated rings. The molecule has 0 spiro atoms. The van der Waals surface area contributed by atoms with Crippen LogP contribution in [0.3, 0.4) is 0 Å². The van der Waals surface area contributed by atoms with Gasteiger partial charge in [-0.1, -0.05) is 6.07 Å². The van der Waals surface area contributed by atoms with Crippen molar-refractivity contribution in [2.45, 2.75) is 43.7 Å². The lowest BCUT2D eigenvalue weighted by Gasteiger charge is -2.37. The van der Waals surface area contributed by atoms with Crippen LogP contribution in [0.4, 0.5) is 26.7 Å². The van der Waals surface area contributed by atoms with Gasteiger partial charge < -0.3 is 14.4 Å². The highest BCUT2D eigenvalue weighted by molar-refractivity contribution is 7.89. The number of benzene rings is 2. The standard InChI is InChI=1S/C24H28F5N3O5S/c1-23(2,3)37-22(33)32-12-10-31(11-13-32)15-21(19-9-4-16(25)14-20(19)26)30-38(34,35)18-7-5-17(6-8-18)36-24(27,28)29/h4-9,14,21,30H,10-13,15H2,1-3H3. The molecule has 2 aromatic rings. The van der Waals surface area contributed by atoms with E-state index in [1.165, 1.54) is 4.90 Å². The first-order valence-electron chi connectivity index (χ1n) is 11.6. The highest BCUT2D eigenvalue weighted by Gasteiger charge is 2.32. The van der Waals surface area contributed by atoms with E-state index in [4.69, 9.17) is 4.74 Å². The average molecular weight is 566 g/mol. The highest BCUT2D eigenvalue weighted by atomic mass is 32.2. The van der Waals surface area contributed by atoms with Gasteiger partial charge in [-0.25, -0.2) is 26.7 Å². The summed E-state index contributed by atoms with van der Waals surface area (Å²) in [7, 11) is -4.35. The second-order valence-electron chi connectivity index (χ2n) is 9.63. The van der Waals surface area contributed by atoms with E-state index in [1.807, 2.05) is 0 Å². The number of alkyl halides is 3. The van der Waals surface area contributed by atoms with Gasteiger partial charge in [-0.2, -0.15) is 0 Å². The summed E-state index contributed by atoms with van der Waals surface area (Å²) in [6, 6.07) is 5.07. The summed E-state index contributed by atoms with van der Waals surface area (Å²) in [5.74, 6) is -2.43. The molecule has 38 heavy (non-hydrogen) atoms. The number of ether oxygens (including phenoxy) is 2. The summed E-state index contributed by atoms with van der Waals surface area (Å²) in [5.41, 5.74) is -0.795. The number of nitrogens with one attached hydrogen (secondary N) is 1. The number of sulfonamides is 1. The molecule has 1 unspecified atom stereocenters. The van der Waals surface area contributed by atoms with Crippen LogP contribution in [0.15, 0.2) is 47.4 Å². The molecule has 0 aliphatic carbocycles. The first-order chi connectivity index (χ1) is 17.5. The molecule has 1 aliphatic heterocycles. The van der Waals surface area contributed by atoms with E-state index in [1.54, 1.807) is 25.7 Å². The third-order valence-electron chi connectivity index (χ3n) is 5.47. The zero-order chi connectivity index (χ0) is 28.3. The van der Waals surface area contributed by atoms with E-state index < -0.39 is 51.5 Å². The van der Waals surface area contributed by atoms with Gasteiger partial charge in [-0.05, 0) is 51.1 Å². The van der Waals surface area contributed by atoms with Gasteiger partial charge in [0.05, 0.1) is 10.9 Å². The molecule has 14 heteroatoms. The van der Waals surface area contributed by atoms with Crippen LogP contribution in [0, 0.1) is 11.6 Å². The lowest BCUT2D eigenvalue weighted by molar-refractivity contribution is -0.274. The largest absolute Gasteiger partial charge is 0.573 e. The van der Waals surface area contributed by atoms with E-state index in [0.29, 0.717) is 19.2 Å². The summed E-state index contributed by atoms with van der Waals surface area (Å²) >= 11 is 0. The average Bonchev–Trinajstić information content (AvgIpc) is 2.77. The van der Waals surface area contributed by atoms with Gasteiger partial charge >= 0.3 is 12.5 Å². The van der Waals surface area contributed by atoms with Crippen LogP contribution in [-0.2, 0) is 14.8 Å². The second kappa shape index (κ2) is 11.4. The Morgan fingerprint density at radius 2 is 1.61 bits per heavy atom. The lowest BCUT2D eigenvalue weighted by atomic mass is 10.1. The fraction of sp³-hybridized carbons (Fsp3) is 0.458. The summed E-state index contributed by atoms with van der Waals surface area (Å²) < 4.78 is 103. The molecule has 0 saturated carbocycles. The minimum absolute atomic E-state index is 0.0286. The first kappa shape index (κ1) is 29.6. The SMILES string of the molecule is CC(C)(C)OC(=O)N1CCN(CC(NS(=O)(=O)c2ccc(OC(F)(F)F)cc2)c2ccc(F)cc2F)CC1. The number of carbonyl (C=O) groups excluding carboxylic acids is 1. The van der Waals surface area contributed by atoms with Gasteiger partial charge in [0.15, 0.2) is 0 Å². The molecular formula is C24H28F5N3O5S. The summed E-state index contributed by atoms with van der Waals surface area (Å²) in [6.45, 7) is 6.40. The minimum Gasteiger partial charge on any atom is -0.444 e. The highest BCUT2D eigenvalue weighted by Crippen LogP contribution is 2.26. The number of amides is 1. The van der Waals surface area contributed by atoms with Crippen LogP contribution in [0.5, 0.6) is 5.75 Å². The molecule has 8 nitrogen and oxygen atoms in total. The van der Waals surface area contributed by atoms with E-state index in [-0.39, 0.29) is 30.1 Å². The number of nitrogens with zero attached hydrogens (tertiary/aromatic N) is 2. The maximum Gasteiger partial charge on any atom is 0.573 e. The quantitative estimate of drug-likeness (QED) is 0.500. The normalized spacial score (nSPS) is 16.3. The maximum atomic E-state index is 14.7. The lowest BCUT2D eigenvalue weighted by Crippen LogP contribution is -2.51. The van der Waals surface area contributed by atoms with Gasteiger partial charge in [0.1, 0.15) is 23.0 Å². The number of carbonyl (C=O) groups is 1. The summed E-state index contributed by atoms with van der Waals surface area (Å²) in [6.07, 6.45) is -5.44.